The maximum absolute atomic E-state index is 13.1. The van der Waals surface area contributed by atoms with E-state index in [2.05, 4.69) is 21.2 Å². The molecule has 0 fully saturated rings. The van der Waals surface area contributed by atoms with Crippen molar-refractivity contribution in [3.63, 3.8) is 0 Å². The summed E-state index contributed by atoms with van der Waals surface area (Å²) in [6, 6.07) is 8.46. The normalized spacial score (nSPS) is 10.3. The van der Waals surface area contributed by atoms with Crippen molar-refractivity contribution in [3.8, 4) is 11.5 Å². The highest BCUT2D eigenvalue weighted by Crippen LogP contribution is 2.33. The predicted molar refractivity (Wildman–Crippen MR) is 85.7 cm³/mol. The third kappa shape index (κ3) is 3.67. The molecule has 0 aliphatic rings. The predicted octanol–water partition coefficient (Wildman–Crippen LogP) is 4.53. The van der Waals surface area contributed by atoms with Crippen LogP contribution in [0.2, 0.25) is 0 Å². The Morgan fingerprint density at radius 1 is 1.10 bits per heavy atom. The van der Waals surface area contributed by atoms with Gasteiger partial charge in [-0.05, 0) is 52.7 Å². The molecule has 21 heavy (non-hydrogen) atoms. The second-order valence-corrected chi connectivity index (χ2v) is 5.47. The molecule has 0 aliphatic heterocycles. The minimum Gasteiger partial charge on any atom is -0.496 e. The number of benzene rings is 2. The van der Waals surface area contributed by atoms with E-state index < -0.39 is 0 Å². The van der Waals surface area contributed by atoms with Gasteiger partial charge in [-0.25, -0.2) is 4.39 Å². The molecule has 0 saturated carbocycles. The Morgan fingerprint density at radius 2 is 1.81 bits per heavy atom. The van der Waals surface area contributed by atoms with Crippen LogP contribution >= 0.6 is 15.9 Å². The molecule has 0 bridgehead atoms. The summed E-state index contributed by atoms with van der Waals surface area (Å²) >= 11 is 3.46. The number of rotatable bonds is 5. The highest BCUT2D eigenvalue weighted by atomic mass is 79.9. The minimum absolute atomic E-state index is 0.233. The van der Waals surface area contributed by atoms with Crippen LogP contribution in [0.5, 0.6) is 11.5 Å². The van der Waals surface area contributed by atoms with Crippen LogP contribution in [0, 0.1) is 12.7 Å². The van der Waals surface area contributed by atoms with Gasteiger partial charge in [-0.15, -0.1) is 0 Å². The van der Waals surface area contributed by atoms with Crippen LogP contribution in [0.15, 0.2) is 34.8 Å². The number of methoxy groups -OCH3 is 2. The number of aryl methyl sites for hydroxylation is 1. The Morgan fingerprint density at radius 3 is 2.43 bits per heavy atom. The topological polar surface area (TPSA) is 30.5 Å². The summed E-state index contributed by atoms with van der Waals surface area (Å²) in [7, 11) is 3.23. The monoisotopic (exact) mass is 353 g/mol. The molecule has 0 heterocycles. The molecule has 0 amide bonds. The highest BCUT2D eigenvalue weighted by Gasteiger charge is 2.10. The van der Waals surface area contributed by atoms with Gasteiger partial charge < -0.3 is 14.8 Å². The zero-order valence-electron chi connectivity index (χ0n) is 12.2. The summed E-state index contributed by atoms with van der Waals surface area (Å²) in [6.07, 6.45) is 0. The third-order valence-electron chi connectivity index (χ3n) is 3.21. The summed E-state index contributed by atoms with van der Waals surface area (Å²) in [6.45, 7) is 2.44. The van der Waals surface area contributed by atoms with Gasteiger partial charge in [0.05, 0.1) is 18.7 Å². The molecule has 112 valence electrons. The van der Waals surface area contributed by atoms with Crippen molar-refractivity contribution in [1.29, 1.82) is 0 Å². The first-order valence-corrected chi connectivity index (χ1v) is 7.25. The summed E-state index contributed by atoms with van der Waals surface area (Å²) < 4.78 is 24.6. The quantitative estimate of drug-likeness (QED) is 0.856. The highest BCUT2D eigenvalue weighted by molar-refractivity contribution is 9.10. The van der Waals surface area contributed by atoms with Crippen molar-refractivity contribution in [2.24, 2.45) is 0 Å². The zero-order chi connectivity index (χ0) is 15.4. The zero-order valence-corrected chi connectivity index (χ0v) is 13.8. The van der Waals surface area contributed by atoms with E-state index in [1.165, 1.54) is 12.1 Å². The van der Waals surface area contributed by atoms with Gasteiger partial charge in [0.2, 0.25) is 0 Å². The first-order valence-electron chi connectivity index (χ1n) is 6.45. The van der Waals surface area contributed by atoms with E-state index in [0.717, 1.165) is 27.0 Å². The molecule has 1 N–H and O–H groups in total. The van der Waals surface area contributed by atoms with Crippen molar-refractivity contribution < 1.29 is 13.9 Å². The fourth-order valence-corrected chi connectivity index (χ4v) is 2.63. The summed E-state index contributed by atoms with van der Waals surface area (Å²) in [5.41, 5.74) is 2.74. The Balaban J connectivity index is 2.21. The van der Waals surface area contributed by atoms with E-state index >= 15 is 0 Å². The smallest absolute Gasteiger partial charge is 0.136 e. The number of anilines is 1. The number of ether oxygens (including phenoxy) is 2. The van der Waals surface area contributed by atoms with Crippen LogP contribution in [-0.2, 0) is 6.54 Å². The molecule has 0 spiro atoms. The van der Waals surface area contributed by atoms with Gasteiger partial charge in [-0.3, -0.25) is 0 Å². The van der Waals surface area contributed by atoms with Gasteiger partial charge in [0.25, 0.3) is 0 Å². The van der Waals surface area contributed by atoms with Gasteiger partial charge in [-0.2, -0.15) is 0 Å². The summed E-state index contributed by atoms with van der Waals surface area (Å²) in [4.78, 5) is 0. The molecular weight excluding hydrogens is 337 g/mol. The molecule has 2 rings (SSSR count). The molecule has 0 unspecified atom stereocenters. The summed E-state index contributed by atoms with van der Waals surface area (Å²) in [5, 5.41) is 3.29. The second-order valence-electron chi connectivity index (χ2n) is 4.61. The number of hydrogen-bond acceptors (Lipinski definition) is 3. The molecule has 3 nitrogen and oxygen atoms in total. The van der Waals surface area contributed by atoms with E-state index in [4.69, 9.17) is 9.47 Å². The molecule has 0 radical (unpaired) electrons. The first kappa shape index (κ1) is 15.6. The summed E-state index contributed by atoms with van der Waals surface area (Å²) in [5.74, 6) is 1.22. The lowest BCUT2D eigenvalue weighted by Crippen LogP contribution is -2.04. The van der Waals surface area contributed by atoms with Crippen LogP contribution in [0.4, 0.5) is 10.1 Å². The van der Waals surface area contributed by atoms with Crippen molar-refractivity contribution in [2.45, 2.75) is 13.5 Å². The Labute approximate surface area is 132 Å². The largest absolute Gasteiger partial charge is 0.496 e. The van der Waals surface area contributed by atoms with Gasteiger partial charge in [0, 0.05) is 23.9 Å². The lowest BCUT2D eigenvalue weighted by atomic mass is 10.1. The standard InChI is InChI=1S/C16H17BrFNO2/c1-10-6-12(18)4-5-14(10)19-9-11-7-13(17)16(21-3)8-15(11)20-2/h4-8,19H,9H2,1-3H3. The maximum atomic E-state index is 13.1. The molecule has 2 aromatic rings. The fourth-order valence-electron chi connectivity index (χ4n) is 2.08. The van der Waals surface area contributed by atoms with Crippen molar-refractivity contribution in [1.82, 2.24) is 0 Å². The van der Waals surface area contributed by atoms with Gasteiger partial charge in [-0.1, -0.05) is 0 Å². The van der Waals surface area contributed by atoms with Crippen LogP contribution < -0.4 is 14.8 Å². The first-order chi connectivity index (χ1) is 10.0. The van der Waals surface area contributed by atoms with Crippen LogP contribution in [0.3, 0.4) is 0 Å². The average Bonchev–Trinajstić information content (AvgIpc) is 2.46. The van der Waals surface area contributed by atoms with Crippen LogP contribution in [0.1, 0.15) is 11.1 Å². The van der Waals surface area contributed by atoms with Crippen molar-refractivity contribution in [2.75, 3.05) is 19.5 Å². The Kier molecular flexibility index (Phi) is 5.07. The Bertz CT molecular complexity index is 646. The maximum Gasteiger partial charge on any atom is 0.136 e. The molecule has 5 heteroatoms. The molecule has 0 aliphatic carbocycles. The lowest BCUT2D eigenvalue weighted by Gasteiger charge is -2.14. The molecule has 0 aromatic heterocycles. The third-order valence-corrected chi connectivity index (χ3v) is 3.83. The molecule has 0 atom stereocenters. The van der Waals surface area contributed by atoms with E-state index in [0.29, 0.717) is 12.3 Å². The van der Waals surface area contributed by atoms with E-state index in [1.54, 1.807) is 20.3 Å². The Hall–Kier alpha value is -1.75. The minimum atomic E-state index is -0.233. The van der Waals surface area contributed by atoms with E-state index in [9.17, 15) is 4.39 Å². The number of halogens is 2. The van der Waals surface area contributed by atoms with Gasteiger partial charge in [0.1, 0.15) is 17.3 Å². The van der Waals surface area contributed by atoms with Gasteiger partial charge >= 0.3 is 0 Å². The lowest BCUT2D eigenvalue weighted by molar-refractivity contribution is 0.390. The molecule has 2 aromatic carbocycles. The number of nitrogens with one attached hydrogen (secondary N) is 1. The van der Waals surface area contributed by atoms with Gasteiger partial charge in [0.15, 0.2) is 0 Å². The SMILES string of the molecule is COc1cc(OC)c(CNc2ccc(F)cc2C)cc1Br. The van der Waals surface area contributed by atoms with E-state index in [1.807, 2.05) is 19.1 Å². The average molecular weight is 354 g/mol. The van der Waals surface area contributed by atoms with E-state index in [-0.39, 0.29) is 5.82 Å². The molecular formula is C16H17BrFNO2. The van der Waals surface area contributed by atoms with Crippen LogP contribution in [0.25, 0.3) is 0 Å². The second kappa shape index (κ2) is 6.80. The fraction of sp³-hybridized carbons (Fsp3) is 0.250. The van der Waals surface area contributed by atoms with Crippen molar-refractivity contribution in [3.05, 3.63) is 51.7 Å². The number of hydrogen-bond donors (Lipinski definition) is 1. The van der Waals surface area contributed by atoms with Crippen molar-refractivity contribution >= 4 is 21.6 Å². The molecule has 0 saturated heterocycles. The van der Waals surface area contributed by atoms with Crippen LogP contribution in [-0.4, -0.2) is 14.2 Å².